The van der Waals surface area contributed by atoms with Crippen molar-refractivity contribution in [3.63, 3.8) is 0 Å². The van der Waals surface area contributed by atoms with Crippen LogP contribution < -0.4 is 11.1 Å². The number of rotatable bonds is 3. The van der Waals surface area contributed by atoms with E-state index in [9.17, 15) is 4.79 Å². The van der Waals surface area contributed by atoms with Gasteiger partial charge in [0, 0.05) is 25.1 Å². The van der Waals surface area contributed by atoms with Gasteiger partial charge < -0.3 is 15.5 Å². The Hall–Kier alpha value is -1.88. The highest BCUT2D eigenvalue weighted by Gasteiger charge is 2.26. The van der Waals surface area contributed by atoms with Crippen molar-refractivity contribution in [3.05, 3.63) is 36.3 Å². The maximum atomic E-state index is 11.9. The Morgan fingerprint density at radius 3 is 2.89 bits per heavy atom. The summed E-state index contributed by atoms with van der Waals surface area (Å²) in [6.07, 6.45) is 5.55. The summed E-state index contributed by atoms with van der Waals surface area (Å²) >= 11 is 0. The Kier molecular flexibility index (Phi) is 3.57. The average molecular weight is 260 g/mol. The van der Waals surface area contributed by atoms with E-state index in [0.29, 0.717) is 6.54 Å². The first-order valence-electron chi connectivity index (χ1n) is 6.33. The minimum atomic E-state index is -0.511. The number of pyridine rings is 1. The summed E-state index contributed by atoms with van der Waals surface area (Å²) in [6.45, 7) is 6.32. The van der Waals surface area contributed by atoms with Crippen LogP contribution in [0.5, 0.6) is 0 Å². The fourth-order valence-electron chi connectivity index (χ4n) is 1.75. The average Bonchev–Trinajstić information content (AvgIpc) is 2.81. The standard InChI is InChI=1S/C14H20N4O/c1-14(2,3)12(15)13(19)17-9-10-4-6-18-7-5-16-11(18)8-10/h4-8,12H,9,15H2,1-3H3,(H,17,19)/t12-/m1/s1. The summed E-state index contributed by atoms with van der Waals surface area (Å²) in [5.74, 6) is -0.129. The second kappa shape index (κ2) is 5.01. The summed E-state index contributed by atoms with van der Waals surface area (Å²) in [5, 5.41) is 2.86. The molecule has 0 spiro atoms. The van der Waals surface area contributed by atoms with E-state index in [2.05, 4.69) is 10.3 Å². The molecule has 102 valence electrons. The molecule has 1 amide bonds. The van der Waals surface area contributed by atoms with Crippen molar-refractivity contribution in [1.29, 1.82) is 0 Å². The highest BCUT2D eigenvalue weighted by Crippen LogP contribution is 2.17. The van der Waals surface area contributed by atoms with Gasteiger partial charge in [-0.15, -0.1) is 0 Å². The predicted octanol–water partition coefficient (Wildman–Crippen LogP) is 1.32. The van der Waals surface area contributed by atoms with E-state index < -0.39 is 6.04 Å². The monoisotopic (exact) mass is 260 g/mol. The molecule has 3 N–H and O–H groups in total. The Morgan fingerprint density at radius 1 is 1.47 bits per heavy atom. The van der Waals surface area contributed by atoms with Gasteiger partial charge in [-0.2, -0.15) is 0 Å². The summed E-state index contributed by atoms with van der Waals surface area (Å²) < 4.78 is 1.92. The van der Waals surface area contributed by atoms with Gasteiger partial charge in [-0.1, -0.05) is 20.8 Å². The highest BCUT2D eigenvalue weighted by molar-refractivity contribution is 5.82. The number of nitrogens with zero attached hydrogens (tertiary/aromatic N) is 2. The second-order valence-corrected chi connectivity index (χ2v) is 5.79. The van der Waals surface area contributed by atoms with Crippen LogP contribution >= 0.6 is 0 Å². The third-order valence-electron chi connectivity index (χ3n) is 3.14. The lowest BCUT2D eigenvalue weighted by molar-refractivity contribution is -0.124. The van der Waals surface area contributed by atoms with Crippen LogP contribution in [-0.2, 0) is 11.3 Å². The first-order valence-corrected chi connectivity index (χ1v) is 6.33. The maximum Gasteiger partial charge on any atom is 0.237 e. The highest BCUT2D eigenvalue weighted by atomic mass is 16.2. The molecule has 2 aromatic rings. The van der Waals surface area contributed by atoms with E-state index in [1.165, 1.54) is 0 Å². The van der Waals surface area contributed by atoms with Crippen molar-refractivity contribution in [2.75, 3.05) is 0 Å². The van der Waals surface area contributed by atoms with Gasteiger partial charge in [0.05, 0.1) is 6.04 Å². The number of imidazole rings is 1. The lowest BCUT2D eigenvalue weighted by Gasteiger charge is -2.25. The third kappa shape index (κ3) is 3.12. The van der Waals surface area contributed by atoms with E-state index >= 15 is 0 Å². The molecule has 0 unspecified atom stereocenters. The van der Waals surface area contributed by atoms with Crippen LogP contribution in [0, 0.1) is 5.41 Å². The maximum absolute atomic E-state index is 11.9. The molecule has 2 heterocycles. The second-order valence-electron chi connectivity index (χ2n) is 5.79. The summed E-state index contributed by atoms with van der Waals surface area (Å²) in [5.41, 5.74) is 7.54. The number of carbonyl (C=O) groups is 1. The molecule has 0 fully saturated rings. The number of aromatic nitrogens is 2. The van der Waals surface area contributed by atoms with Crippen LogP contribution in [0.1, 0.15) is 26.3 Å². The minimum Gasteiger partial charge on any atom is -0.351 e. The molecular weight excluding hydrogens is 240 g/mol. The zero-order valence-electron chi connectivity index (χ0n) is 11.6. The zero-order valence-corrected chi connectivity index (χ0v) is 11.6. The van der Waals surface area contributed by atoms with Gasteiger partial charge in [0.1, 0.15) is 5.65 Å². The largest absolute Gasteiger partial charge is 0.351 e. The van der Waals surface area contributed by atoms with Crippen LogP contribution in [0.3, 0.4) is 0 Å². The molecule has 0 saturated carbocycles. The van der Waals surface area contributed by atoms with Gasteiger partial charge in [0.25, 0.3) is 0 Å². The molecule has 0 aliphatic heterocycles. The van der Waals surface area contributed by atoms with Gasteiger partial charge in [-0.3, -0.25) is 4.79 Å². The van der Waals surface area contributed by atoms with Gasteiger partial charge in [-0.25, -0.2) is 4.98 Å². The minimum absolute atomic E-state index is 0.129. The first kappa shape index (κ1) is 13.5. The fraction of sp³-hybridized carbons (Fsp3) is 0.429. The van der Waals surface area contributed by atoms with E-state index in [4.69, 9.17) is 5.73 Å². The Bertz CT molecular complexity index is 582. The molecule has 5 nitrogen and oxygen atoms in total. The number of hydrogen-bond acceptors (Lipinski definition) is 3. The van der Waals surface area contributed by atoms with Crippen molar-refractivity contribution >= 4 is 11.6 Å². The third-order valence-corrected chi connectivity index (χ3v) is 3.14. The van der Waals surface area contributed by atoms with Gasteiger partial charge >= 0.3 is 0 Å². The zero-order chi connectivity index (χ0) is 14.0. The molecule has 0 aromatic carbocycles. The molecule has 0 aliphatic rings. The van der Waals surface area contributed by atoms with E-state index in [1.807, 2.05) is 49.7 Å². The quantitative estimate of drug-likeness (QED) is 0.874. The van der Waals surface area contributed by atoms with Crippen molar-refractivity contribution in [1.82, 2.24) is 14.7 Å². The van der Waals surface area contributed by atoms with Crippen molar-refractivity contribution in [3.8, 4) is 0 Å². The van der Waals surface area contributed by atoms with Gasteiger partial charge in [0.2, 0.25) is 5.91 Å². The summed E-state index contributed by atoms with van der Waals surface area (Å²) in [7, 11) is 0. The first-order chi connectivity index (χ1) is 8.88. The molecular formula is C14H20N4O. The van der Waals surface area contributed by atoms with Gasteiger partial charge in [-0.05, 0) is 23.1 Å². The Morgan fingerprint density at radius 2 is 2.21 bits per heavy atom. The lowest BCUT2D eigenvalue weighted by Crippen LogP contribution is -2.48. The molecule has 1 atom stereocenters. The molecule has 0 aliphatic carbocycles. The van der Waals surface area contributed by atoms with Crippen LogP contribution in [0.4, 0.5) is 0 Å². The fourth-order valence-corrected chi connectivity index (χ4v) is 1.75. The van der Waals surface area contributed by atoms with Crippen LogP contribution in [0.25, 0.3) is 5.65 Å². The Labute approximate surface area is 112 Å². The Balaban J connectivity index is 2.00. The van der Waals surface area contributed by atoms with Crippen molar-refractivity contribution < 1.29 is 4.79 Å². The normalized spacial score (nSPS) is 13.5. The van der Waals surface area contributed by atoms with E-state index in [1.54, 1.807) is 6.20 Å². The lowest BCUT2D eigenvalue weighted by atomic mass is 9.87. The SMILES string of the molecule is CC(C)(C)[C@H](N)C(=O)NCc1ccn2ccnc2c1. The number of amides is 1. The molecule has 2 aromatic heterocycles. The number of hydrogen-bond donors (Lipinski definition) is 2. The molecule has 0 radical (unpaired) electrons. The predicted molar refractivity (Wildman–Crippen MR) is 74.5 cm³/mol. The molecule has 19 heavy (non-hydrogen) atoms. The number of nitrogens with one attached hydrogen (secondary N) is 1. The number of carbonyl (C=O) groups excluding carboxylic acids is 1. The van der Waals surface area contributed by atoms with E-state index in [-0.39, 0.29) is 11.3 Å². The molecule has 5 heteroatoms. The molecule has 0 saturated heterocycles. The van der Waals surface area contributed by atoms with Crippen molar-refractivity contribution in [2.24, 2.45) is 11.1 Å². The van der Waals surface area contributed by atoms with E-state index in [0.717, 1.165) is 11.2 Å². The van der Waals surface area contributed by atoms with Crippen LogP contribution in [-0.4, -0.2) is 21.3 Å². The topological polar surface area (TPSA) is 72.4 Å². The van der Waals surface area contributed by atoms with Crippen LogP contribution in [0.2, 0.25) is 0 Å². The summed E-state index contributed by atoms with van der Waals surface area (Å²) in [4.78, 5) is 16.1. The smallest absolute Gasteiger partial charge is 0.237 e. The molecule has 0 bridgehead atoms. The summed E-state index contributed by atoms with van der Waals surface area (Å²) in [6, 6.07) is 3.39. The number of nitrogens with two attached hydrogens (primary N) is 1. The van der Waals surface area contributed by atoms with Gasteiger partial charge in [0.15, 0.2) is 0 Å². The van der Waals surface area contributed by atoms with Crippen molar-refractivity contribution in [2.45, 2.75) is 33.4 Å². The number of fused-ring (bicyclic) bond motifs is 1. The van der Waals surface area contributed by atoms with Crippen LogP contribution in [0.15, 0.2) is 30.7 Å². The molecule has 2 rings (SSSR count).